The number of hydrogen-bond acceptors (Lipinski definition) is 6. The van der Waals surface area contributed by atoms with Gasteiger partial charge in [0.2, 0.25) is 5.95 Å². The van der Waals surface area contributed by atoms with E-state index in [1.54, 1.807) is 0 Å². The van der Waals surface area contributed by atoms with Crippen LogP contribution < -0.4 is 10.1 Å². The Morgan fingerprint density at radius 1 is 0.946 bits per heavy atom. The topological polar surface area (TPSA) is 72.5 Å². The number of hydrogen-bond donors (Lipinski definition) is 1. The van der Waals surface area contributed by atoms with E-state index in [0.717, 1.165) is 45.5 Å². The number of ether oxygens (including phenoxy) is 1. The quantitative estimate of drug-likeness (QED) is 0.280. The number of nitrogens with one attached hydrogen (secondary N) is 1. The highest BCUT2D eigenvalue weighted by Crippen LogP contribution is 2.23. The van der Waals surface area contributed by atoms with E-state index in [4.69, 9.17) is 21.4 Å². The predicted octanol–water partition coefficient (Wildman–Crippen LogP) is 5.51. The third kappa shape index (κ3) is 5.60. The number of anilines is 2. The molecule has 3 aromatic heterocycles. The molecule has 37 heavy (non-hydrogen) atoms. The lowest BCUT2D eigenvalue weighted by Gasteiger charge is -2.15. The van der Waals surface area contributed by atoms with Crippen LogP contribution >= 0.6 is 11.6 Å². The van der Waals surface area contributed by atoms with Crippen LogP contribution in [0.3, 0.4) is 0 Å². The van der Waals surface area contributed by atoms with Gasteiger partial charge in [0, 0.05) is 29.0 Å². The van der Waals surface area contributed by atoms with E-state index < -0.39 is 0 Å². The Labute approximate surface area is 220 Å². The second-order valence-corrected chi connectivity index (χ2v) is 9.65. The van der Waals surface area contributed by atoms with Crippen molar-refractivity contribution in [2.45, 2.75) is 19.4 Å². The maximum atomic E-state index is 6.00. The zero-order valence-corrected chi connectivity index (χ0v) is 21.2. The van der Waals surface area contributed by atoms with Crippen LogP contribution in [0.4, 0.5) is 11.6 Å². The van der Waals surface area contributed by atoms with Crippen molar-refractivity contribution < 1.29 is 4.74 Å². The molecule has 0 aliphatic carbocycles. The first-order valence-electron chi connectivity index (χ1n) is 12.5. The van der Waals surface area contributed by atoms with E-state index in [-0.39, 0.29) is 0 Å². The fourth-order valence-electron chi connectivity index (χ4n) is 4.60. The number of nitrogens with zero attached hydrogens (tertiary/aromatic N) is 6. The SMILES string of the molecule is Clc1ccc(Cn2cc(-c3cccc4nc(Nc5ccc(OCCN6CCCC6)cc5)nn34)cn2)cc1. The molecular formula is C28H28ClN7O. The van der Waals surface area contributed by atoms with Crippen molar-refractivity contribution >= 4 is 28.9 Å². The van der Waals surface area contributed by atoms with Crippen LogP contribution in [0.5, 0.6) is 5.75 Å². The van der Waals surface area contributed by atoms with Crippen LogP contribution in [-0.2, 0) is 6.54 Å². The first kappa shape index (κ1) is 23.5. The van der Waals surface area contributed by atoms with Gasteiger partial charge in [0.25, 0.3) is 0 Å². The van der Waals surface area contributed by atoms with E-state index in [9.17, 15) is 0 Å². The molecule has 0 atom stereocenters. The van der Waals surface area contributed by atoms with Gasteiger partial charge in [-0.25, -0.2) is 4.52 Å². The van der Waals surface area contributed by atoms with E-state index in [1.165, 1.54) is 25.9 Å². The van der Waals surface area contributed by atoms with Crippen molar-refractivity contribution in [3.8, 4) is 17.0 Å². The number of fused-ring (bicyclic) bond motifs is 1. The van der Waals surface area contributed by atoms with Crippen LogP contribution in [0.25, 0.3) is 16.9 Å². The number of likely N-dealkylation sites (tertiary alicyclic amines) is 1. The van der Waals surface area contributed by atoms with Gasteiger partial charge in [0.1, 0.15) is 12.4 Å². The molecule has 1 saturated heterocycles. The highest BCUT2D eigenvalue weighted by Gasteiger charge is 2.12. The number of rotatable bonds is 9. The third-order valence-electron chi connectivity index (χ3n) is 6.53. The minimum Gasteiger partial charge on any atom is -0.492 e. The largest absolute Gasteiger partial charge is 0.492 e. The lowest BCUT2D eigenvalue weighted by molar-refractivity contribution is 0.238. The number of aromatic nitrogens is 5. The average molecular weight is 514 g/mol. The van der Waals surface area contributed by atoms with Crippen molar-refractivity contribution in [3.05, 3.63) is 89.7 Å². The molecule has 0 unspecified atom stereocenters. The molecule has 0 saturated carbocycles. The molecule has 1 fully saturated rings. The molecule has 0 radical (unpaired) electrons. The summed E-state index contributed by atoms with van der Waals surface area (Å²) in [5.41, 5.74) is 4.67. The van der Waals surface area contributed by atoms with Gasteiger partial charge in [-0.1, -0.05) is 29.8 Å². The van der Waals surface area contributed by atoms with Gasteiger partial charge in [-0.3, -0.25) is 9.58 Å². The van der Waals surface area contributed by atoms with Crippen LogP contribution in [-0.4, -0.2) is 55.5 Å². The molecule has 1 aliphatic rings. The second-order valence-electron chi connectivity index (χ2n) is 9.22. The van der Waals surface area contributed by atoms with Crippen molar-refractivity contribution in [3.63, 3.8) is 0 Å². The Morgan fingerprint density at radius 3 is 2.57 bits per heavy atom. The normalized spacial score (nSPS) is 13.9. The number of pyridine rings is 1. The lowest BCUT2D eigenvalue weighted by atomic mass is 10.2. The molecule has 2 aromatic carbocycles. The number of halogens is 1. The van der Waals surface area contributed by atoms with Crippen LogP contribution in [0.1, 0.15) is 18.4 Å². The molecule has 1 aliphatic heterocycles. The molecule has 5 aromatic rings. The molecule has 8 nitrogen and oxygen atoms in total. The summed E-state index contributed by atoms with van der Waals surface area (Å²) in [6.45, 7) is 4.72. The Hall–Kier alpha value is -3.88. The molecule has 6 rings (SSSR count). The first-order chi connectivity index (χ1) is 18.2. The van der Waals surface area contributed by atoms with Crippen molar-refractivity contribution in [1.82, 2.24) is 29.3 Å². The second kappa shape index (κ2) is 10.6. The highest BCUT2D eigenvalue weighted by atomic mass is 35.5. The summed E-state index contributed by atoms with van der Waals surface area (Å²) in [6.07, 6.45) is 6.46. The lowest BCUT2D eigenvalue weighted by Crippen LogP contribution is -2.25. The summed E-state index contributed by atoms with van der Waals surface area (Å²) in [4.78, 5) is 7.11. The van der Waals surface area contributed by atoms with Crippen LogP contribution in [0, 0.1) is 0 Å². The minimum absolute atomic E-state index is 0.531. The van der Waals surface area contributed by atoms with Crippen LogP contribution in [0.15, 0.2) is 79.1 Å². The predicted molar refractivity (Wildman–Crippen MR) is 146 cm³/mol. The molecule has 0 amide bonds. The summed E-state index contributed by atoms with van der Waals surface area (Å²) in [5, 5.41) is 13.3. The zero-order valence-electron chi connectivity index (χ0n) is 20.4. The van der Waals surface area contributed by atoms with Gasteiger partial charge >= 0.3 is 0 Å². The maximum absolute atomic E-state index is 6.00. The molecule has 188 valence electrons. The van der Waals surface area contributed by atoms with E-state index in [0.29, 0.717) is 19.1 Å². The van der Waals surface area contributed by atoms with E-state index in [1.807, 2.05) is 88.3 Å². The van der Waals surface area contributed by atoms with Gasteiger partial charge in [0.05, 0.1) is 18.4 Å². The maximum Gasteiger partial charge on any atom is 0.247 e. The van der Waals surface area contributed by atoms with Gasteiger partial charge in [0.15, 0.2) is 5.65 Å². The number of benzene rings is 2. The Kier molecular flexibility index (Phi) is 6.75. The average Bonchev–Trinajstić information content (AvgIpc) is 3.67. The summed E-state index contributed by atoms with van der Waals surface area (Å²) < 4.78 is 9.65. The Balaban J connectivity index is 1.13. The molecular weight excluding hydrogens is 486 g/mol. The Bertz CT molecular complexity index is 1470. The fourth-order valence-corrected chi connectivity index (χ4v) is 4.72. The molecule has 1 N–H and O–H groups in total. The summed E-state index contributed by atoms with van der Waals surface area (Å²) in [5.74, 6) is 1.40. The third-order valence-corrected chi connectivity index (χ3v) is 6.78. The molecule has 4 heterocycles. The molecule has 0 bridgehead atoms. The van der Waals surface area contributed by atoms with Crippen LogP contribution in [0.2, 0.25) is 5.02 Å². The highest BCUT2D eigenvalue weighted by molar-refractivity contribution is 6.30. The van der Waals surface area contributed by atoms with E-state index >= 15 is 0 Å². The first-order valence-corrected chi connectivity index (χ1v) is 12.9. The standard InChI is InChI=1S/C28H28ClN7O/c29-23-8-6-21(7-9-23)19-35-20-22(18-30-35)26-4-3-5-27-32-28(33-36(26)27)31-24-10-12-25(13-11-24)37-17-16-34-14-1-2-15-34/h3-13,18,20H,1-2,14-17,19H2,(H,31,33). The molecule has 9 heteroatoms. The zero-order chi connectivity index (χ0) is 25.0. The summed E-state index contributed by atoms with van der Waals surface area (Å²) in [7, 11) is 0. The monoisotopic (exact) mass is 513 g/mol. The Morgan fingerprint density at radius 2 is 1.76 bits per heavy atom. The van der Waals surface area contributed by atoms with Gasteiger partial charge < -0.3 is 10.1 Å². The van der Waals surface area contributed by atoms with Crippen molar-refractivity contribution in [2.75, 3.05) is 31.6 Å². The minimum atomic E-state index is 0.531. The summed E-state index contributed by atoms with van der Waals surface area (Å²) >= 11 is 6.00. The summed E-state index contributed by atoms with van der Waals surface area (Å²) in [6, 6.07) is 21.7. The van der Waals surface area contributed by atoms with Gasteiger partial charge in [-0.2, -0.15) is 10.1 Å². The van der Waals surface area contributed by atoms with Gasteiger partial charge in [-0.05, 0) is 80.0 Å². The van der Waals surface area contributed by atoms with Gasteiger partial charge in [-0.15, -0.1) is 5.10 Å². The van der Waals surface area contributed by atoms with Crippen molar-refractivity contribution in [2.24, 2.45) is 0 Å². The fraction of sp³-hybridized carbons (Fsp3) is 0.250. The smallest absolute Gasteiger partial charge is 0.247 e. The van der Waals surface area contributed by atoms with Crippen molar-refractivity contribution in [1.29, 1.82) is 0 Å². The van der Waals surface area contributed by atoms with E-state index in [2.05, 4.69) is 20.3 Å². The molecule has 0 spiro atoms.